The van der Waals surface area contributed by atoms with Gasteiger partial charge < -0.3 is 0 Å². The molecule has 0 aliphatic carbocycles. The minimum absolute atomic E-state index is 1.27. The lowest BCUT2D eigenvalue weighted by Crippen LogP contribution is -1.94. The topological polar surface area (TPSA) is 0 Å². The molecule has 0 nitrogen and oxygen atoms in total. The van der Waals surface area contributed by atoms with Crippen LogP contribution in [0, 0.1) is 20.8 Å². The van der Waals surface area contributed by atoms with Gasteiger partial charge in [0.15, 0.2) is 0 Å². The fourth-order valence-corrected chi connectivity index (χ4v) is 3.97. The lowest BCUT2D eigenvalue weighted by Gasteiger charge is -2.18. The molecule has 0 bridgehead atoms. The second-order valence-electron chi connectivity index (χ2n) is 6.85. The molecule has 0 heterocycles. The van der Waals surface area contributed by atoms with Gasteiger partial charge in [-0.2, -0.15) is 0 Å². The highest BCUT2D eigenvalue weighted by Crippen LogP contribution is 2.41. The first-order valence-electron chi connectivity index (χ1n) is 8.80. The van der Waals surface area contributed by atoms with Crippen LogP contribution < -0.4 is 0 Å². The monoisotopic (exact) mass is 322 g/mol. The third-order valence-corrected chi connectivity index (χ3v) is 4.94. The van der Waals surface area contributed by atoms with E-state index in [-0.39, 0.29) is 0 Å². The smallest absolute Gasteiger partial charge is 0.00215 e. The number of hydrogen-bond acceptors (Lipinski definition) is 0. The molecule has 0 fully saturated rings. The van der Waals surface area contributed by atoms with Gasteiger partial charge >= 0.3 is 0 Å². The van der Waals surface area contributed by atoms with E-state index in [4.69, 9.17) is 0 Å². The van der Waals surface area contributed by atoms with Gasteiger partial charge in [0, 0.05) is 0 Å². The minimum Gasteiger partial charge on any atom is -0.0622 e. The van der Waals surface area contributed by atoms with Gasteiger partial charge in [-0.1, -0.05) is 84.4 Å². The number of aryl methyl sites for hydroxylation is 3. The molecular weight excluding hydrogens is 300 g/mol. The Kier molecular flexibility index (Phi) is 3.89. The Morgan fingerprint density at radius 2 is 1.20 bits per heavy atom. The van der Waals surface area contributed by atoms with Crippen LogP contribution in [0.2, 0.25) is 0 Å². The maximum absolute atomic E-state index is 2.29. The van der Waals surface area contributed by atoms with Crippen molar-refractivity contribution in [3.05, 3.63) is 95.6 Å². The normalized spacial score (nSPS) is 11.0. The second kappa shape index (κ2) is 6.22. The van der Waals surface area contributed by atoms with Crippen LogP contribution in [-0.2, 0) is 0 Å². The van der Waals surface area contributed by atoms with Crippen molar-refractivity contribution < 1.29 is 0 Å². The number of rotatable bonds is 2. The number of fused-ring (bicyclic) bond motifs is 1. The molecule has 4 aromatic rings. The van der Waals surface area contributed by atoms with Crippen LogP contribution in [-0.4, -0.2) is 0 Å². The van der Waals surface area contributed by atoms with Crippen LogP contribution in [0.5, 0.6) is 0 Å². The van der Waals surface area contributed by atoms with Gasteiger partial charge in [-0.3, -0.25) is 0 Å². The van der Waals surface area contributed by atoms with E-state index in [0.29, 0.717) is 0 Å². The Balaban J connectivity index is 2.15. The minimum atomic E-state index is 1.27. The van der Waals surface area contributed by atoms with Crippen molar-refractivity contribution in [2.24, 2.45) is 0 Å². The summed E-state index contributed by atoms with van der Waals surface area (Å²) in [5, 5.41) is 2.61. The fourth-order valence-electron chi connectivity index (χ4n) is 3.97. The summed E-state index contributed by atoms with van der Waals surface area (Å²) in [5.74, 6) is 0. The SMILES string of the molecule is Cc1cc(C)c(-c2c(-c3ccccc3)ccc3ccccc23)c(C)c1. The highest BCUT2D eigenvalue weighted by atomic mass is 14.2. The molecular formula is C25H22. The van der Waals surface area contributed by atoms with Crippen LogP contribution in [0.3, 0.4) is 0 Å². The first kappa shape index (κ1) is 15.7. The van der Waals surface area contributed by atoms with Crippen LogP contribution in [0.15, 0.2) is 78.9 Å². The van der Waals surface area contributed by atoms with E-state index in [0.717, 1.165) is 0 Å². The highest BCUT2D eigenvalue weighted by molar-refractivity contribution is 6.05. The van der Waals surface area contributed by atoms with Gasteiger partial charge in [-0.15, -0.1) is 0 Å². The quantitative estimate of drug-likeness (QED) is 0.369. The van der Waals surface area contributed by atoms with E-state index in [1.807, 2.05) is 0 Å². The molecule has 4 rings (SSSR count). The van der Waals surface area contributed by atoms with Gasteiger partial charge in [0.1, 0.15) is 0 Å². The Morgan fingerprint density at radius 1 is 0.560 bits per heavy atom. The summed E-state index contributed by atoms with van der Waals surface area (Å²) >= 11 is 0. The zero-order valence-electron chi connectivity index (χ0n) is 15.0. The first-order chi connectivity index (χ1) is 12.1. The molecule has 0 radical (unpaired) electrons. The van der Waals surface area contributed by atoms with Crippen molar-refractivity contribution in [3.8, 4) is 22.3 Å². The van der Waals surface area contributed by atoms with Crippen molar-refractivity contribution in [1.82, 2.24) is 0 Å². The van der Waals surface area contributed by atoms with Crippen molar-refractivity contribution in [3.63, 3.8) is 0 Å². The van der Waals surface area contributed by atoms with E-state index < -0.39 is 0 Å². The molecule has 0 aliphatic rings. The predicted octanol–water partition coefficient (Wildman–Crippen LogP) is 7.10. The average molecular weight is 322 g/mol. The summed E-state index contributed by atoms with van der Waals surface area (Å²) in [6.07, 6.45) is 0. The summed E-state index contributed by atoms with van der Waals surface area (Å²) in [6.45, 7) is 6.63. The van der Waals surface area contributed by atoms with Crippen molar-refractivity contribution in [2.75, 3.05) is 0 Å². The predicted molar refractivity (Wildman–Crippen MR) is 109 cm³/mol. The Morgan fingerprint density at radius 3 is 1.92 bits per heavy atom. The fraction of sp³-hybridized carbons (Fsp3) is 0.120. The van der Waals surface area contributed by atoms with Gasteiger partial charge in [0.05, 0.1) is 0 Å². The molecule has 122 valence electrons. The zero-order valence-corrected chi connectivity index (χ0v) is 15.0. The second-order valence-corrected chi connectivity index (χ2v) is 6.85. The van der Waals surface area contributed by atoms with Gasteiger partial charge in [0.25, 0.3) is 0 Å². The average Bonchev–Trinajstić information content (AvgIpc) is 2.62. The molecule has 0 saturated heterocycles. The molecule has 0 saturated carbocycles. The molecule has 4 aromatic carbocycles. The van der Waals surface area contributed by atoms with Crippen LogP contribution in [0.25, 0.3) is 33.0 Å². The standard InChI is InChI=1S/C25H22/c1-17-15-18(2)24(19(3)16-17)25-22-12-8-7-11-21(22)13-14-23(25)20-9-5-4-6-10-20/h4-16H,1-3H3. The molecule has 0 aliphatic heterocycles. The first-order valence-corrected chi connectivity index (χ1v) is 8.80. The van der Waals surface area contributed by atoms with E-state index >= 15 is 0 Å². The Bertz CT molecular complexity index is 1030. The summed E-state index contributed by atoms with van der Waals surface area (Å²) in [7, 11) is 0. The Labute approximate surface area is 149 Å². The van der Waals surface area contributed by atoms with Crippen molar-refractivity contribution >= 4 is 10.8 Å². The Hall–Kier alpha value is -2.86. The maximum Gasteiger partial charge on any atom is -0.00215 e. The molecule has 0 heteroatoms. The summed E-state index contributed by atoms with van der Waals surface area (Å²) in [4.78, 5) is 0. The van der Waals surface area contributed by atoms with Crippen molar-refractivity contribution in [2.45, 2.75) is 20.8 Å². The molecule has 25 heavy (non-hydrogen) atoms. The van der Waals surface area contributed by atoms with E-state index in [9.17, 15) is 0 Å². The van der Waals surface area contributed by atoms with Crippen LogP contribution in [0.4, 0.5) is 0 Å². The van der Waals surface area contributed by atoms with Crippen LogP contribution >= 0.6 is 0 Å². The lowest BCUT2D eigenvalue weighted by atomic mass is 9.85. The third kappa shape index (κ3) is 2.74. The maximum atomic E-state index is 2.29. The molecule has 0 atom stereocenters. The molecule has 0 amide bonds. The largest absolute Gasteiger partial charge is 0.0622 e. The van der Waals surface area contributed by atoms with Crippen molar-refractivity contribution in [1.29, 1.82) is 0 Å². The summed E-state index contributed by atoms with van der Waals surface area (Å²) in [6, 6.07) is 28.5. The molecule has 0 N–H and O–H groups in total. The zero-order chi connectivity index (χ0) is 17.4. The lowest BCUT2D eigenvalue weighted by molar-refractivity contribution is 1.32. The molecule has 0 spiro atoms. The van der Waals surface area contributed by atoms with Gasteiger partial charge in [0.2, 0.25) is 0 Å². The third-order valence-electron chi connectivity index (χ3n) is 4.94. The van der Waals surface area contributed by atoms with E-state index in [1.165, 1.54) is 49.7 Å². The van der Waals surface area contributed by atoms with Crippen LogP contribution in [0.1, 0.15) is 16.7 Å². The van der Waals surface area contributed by atoms with E-state index in [2.05, 4.69) is 99.6 Å². The van der Waals surface area contributed by atoms with Gasteiger partial charge in [-0.05, 0) is 64.9 Å². The summed E-state index contributed by atoms with van der Waals surface area (Å²) in [5.41, 5.74) is 9.27. The number of benzene rings is 4. The highest BCUT2D eigenvalue weighted by Gasteiger charge is 2.15. The number of hydrogen-bond donors (Lipinski definition) is 0. The molecule has 0 unspecified atom stereocenters. The van der Waals surface area contributed by atoms with Gasteiger partial charge in [-0.25, -0.2) is 0 Å². The van der Waals surface area contributed by atoms with E-state index in [1.54, 1.807) is 0 Å². The summed E-state index contributed by atoms with van der Waals surface area (Å²) < 4.78 is 0. The molecule has 0 aromatic heterocycles.